The van der Waals surface area contributed by atoms with Gasteiger partial charge in [-0.25, -0.2) is 22.9 Å². The molecule has 2 aromatic heterocycles. The van der Waals surface area contributed by atoms with Crippen LogP contribution in [0.3, 0.4) is 0 Å². The number of hydrogen-bond acceptors (Lipinski definition) is 6. The SMILES string of the molecule is Cc1nc(N(C)C(=O)Cc2ccc(-c3ccccc3F)nc2)sc1S(N)(=O)=O. The Bertz CT molecular complexity index is 1130. The Hall–Kier alpha value is -2.69. The summed E-state index contributed by atoms with van der Waals surface area (Å²) in [5.41, 5.74) is 1.73. The van der Waals surface area contributed by atoms with E-state index in [9.17, 15) is 17.6 Å². The van der Waals surface area contributed by atoms with Crippen molar-refractivity contribution in [3.63, 3.8) is 0 Å². The second kappa shape index (κ2) is 7.74. The standard InChI is InChI=1S/C18H17FN4O3S2/c1-11-17(28(20,25)26)27-18(22-11)23(2)16(24)9-12-7-8-15(21-10-12)13-5-3-4-6-14(13)19/h3-8,10H,9H2,1-2H3,(H2,20,25,26). The maximum Gasteiger partial charge on any atom is 0.249 e. The highest BCUT2D eigenvalue weighted by atomic mass is 32.2. The van der Waals surface area contributed by atoms with Crippen LogP contribution in [0.15, 0.2) is 46.8 Å². The molecule has 0 saturated carbocycles. The number of carbonyl (C=O) groups is 1. The molecule has 0 aliphatic heterocycles. The van der Waals surface area contributed by atoms with E-state index >= 15 is 0 Å². The third-order valence-corrected chi connectivity index (χ3v) is 6.78. The van der Waals surface area contributed by atoms with Gasteiger partial charge in [-0.1, -0.05) is 29.5 Å². The molecule has 0 radical (unpaired) electrons. The Kier molecular flexibility index (Phi) is 5.54. The fraction of sp³-hybridized carbons (Fsp3) is 0.167. The van der Waals surface area contributed by atoms with Crippen molar-refractivity contribution in [2.24, 2.45) is 5.14 Å². The van der Waals surface area contributed by atoms with Crippen molar-refractivity contribution in [1.82, 2.24) is 9.97 Å². The highest BCUT2D eigenvalue weighted by molar-refractivity contribution is 7.91. The summed E-state index contributed by atoms with van der Waals surface area (Å²) >= 11 is 0.838. The Labute approximate surface area is 165 Å². The number of thiazole rings is 1. The van der Waals surface area contributed by atoms with Crippen LogP contribution in [0.5, 0.6) is 0 Å². The predicted molar refractivity (Wildman–Crippen MR) is 105 cm³/mol. The lowest BCUT2D eigenvalue weighted by Gasteiger charge is -2.13. The lowest BCUT2D eigenvalue weighted by Crippen LogP contribution is -2.27. The van der Waals surface area contributed by atoms with Crippen LogP contribution < -0.4 is 10.0 Å². The average molecular weight is 420 g/mol. The first-order chi connectivity index (χ1) is 13.2. The number of nitrogens with two attached hydrogens (primary N) is 1. The number of carbonyl (C=O) groups excluding carboxylic acids is 1. The van der Waals surface area contributed by atoms with Crippen molar-refractivity contribution in [3.8, 4) is 11.3 Å². The van der Waals surface area contributed by atoms with E-state index < -0.39 is 10.0 Å². The zero-order valence-corrected chi connectivity index (χ0v) is 16.7. The lowest BCUT2D eigenvalue weighted by atomic mass is 10.1. The molecule has 0 atom stereocenters. The van der Waals surface area contributed by atoms with Crippen molar-refractivity contribution in [1.29, 1.82) is 0 Å². The fourth-order valence-electron chi connectivity index (χ4n) is 2.53. The van der Waals surface area contributed by atoms with Crippen LogP contribution in [0.2, 0.25) is 0 Å². The molecular formula is C18H17FN4O3S2. The first kappa shape index (κ1) is 20.1. The Morgan fingerprint density at radius 1 is 1.25 bits per heavy atom. The number of sulfonamides is 1. The van der Waals surface area contributed by atoms with Gasteiger partial charge in [0, 0.05) is 18.8 Å². The molecule has 1 amide bonds. The van der Waals surface area contributed by atoms with Crippen LogP contribution in [0.25, 0.3) is 11.3 Å². The zero-order chi connectivity index (χ0) is 20.5. The summed E-state index contributed by atoms with van der Waals surface area (Å²) in [5.74, 6) is -0.668. The molecule has 0 bridgehead atoms. The first-order valence-corrected chi connectivity index (χ1v) is 10.5. The molecule has 0 spiro atoms. The number of rotatable bonds is 5. The number of anilines is 1. The Balaban J connectivity index is 1.75. The third kappa shape index (κ3) is 4.24. The quantitative estimate of drug-likeness (QED) is 0.683. The highest BCUT2D eigenvalue weighted by Gasteiger charge is 2.22. The fourth-order valence-corrected chi connectivity index (χ4v) is 4.46. The van der Waals surface area contributed by atoms with E-state index in [-0.39, 0.29) is 33.2 Å². The maximum absolute atomic E-state index is 13.8. The summed E-state index contributed by atoms with van der Waals surface area (Å²) in [4.78, 5) is 22.1. The number of amides is 1. The predicted octanol–water partition coefficient (Wildman–Crippen LogP) is 2.51. The topological polar surface area (TPSA) is 106 Å². The summed E-state index contributed by atoms with van der Waals surface area (Å²) in [6, 6.07) is 9.65. The molecule has 0 fully saturated rings. The largest absolute Gasteiger partial charge is 0.291 e. The second-order valence-electron chi connectivity index (χ2n) is 6.08. The van der Waals surface area contributed by atoms with Gasteiger partial charge in [-0.15, -0.1) is 0 Å². The van der Waals surface area contributed by atoms with Gasteiger partial charge in [0.2, 0.25) is 15.9 Å². The van der Waals surface area contributed by atoms with Crippen LogP contribution in [-0.2, 0) is 21.2 Å². The van der Waals surface area contributed by atoms with Gasteiger partial charge in [0.1, 0.15) is 5.82 Å². The number of hydrogen-bond donors (Lipinski definition) is 1. The lowest BCUT2D eigenvalue weighted by molar-refractivity contribution is -0.117. The smallest absolute Gasteiger partial charge is 0.249 e. The summed E-state index contributed by atoms with van der Waals surface area (Å²) in [5, 5.41) is 5.39. The van der Waals surface area contributed by atoms with E-state index in [1.54, 1.807) is 30.3 Å². The monoisotopic (exact) mass is 420 g/mol. The van der Waals surface area contributed by atoms with Crippen LogP contribution >= 0.6 is 11.3 Å². The van der Waals surface area contributed by atoms with E-state index in [1.165, 1.54) is 31.1 Å². The van der Waals surface area contributed by atoms with Crippen LogP contribution in [0.1, 0.15) is 11.3 Å². The van der Waals surface area contributed by atoms with Gasteiger partial charge in [0.05, 0.1) is 17.8 Å². The molecule has 3 rings (SSSR count). The van der Waals surface area contributed by atoms with Gasteiger partial charge in [-0.3, -0.25) is 14.7 Å². The molecule has 0 saturated heterocycles. The summed E-state index contributed by atoms with van der Waals surface area (Å²) in [6.07, 6.45) is 1.54. The van der Waals surface area contributed by atoms with Crippen molar-refractivity contribution in [3.05, 3.63) is 59.7 Å². The van der Waals surface area contributed by atoms with E-state index in [1.807, 2.05) is 0 Å². The number of likely N-dealkylation sites (N-methyl/N-ethyl adjacent to an activating group) is 1. The van der Waals surface area contributed by atoms with Gasteiger partial charge in [0.25, 0.3) is 0 Å². The maximum atomic E-state index is 13.8. The molecule has 2 heterocycles. The van der Waals surface area contributed by atoms with Crippen molar-refractivity contribution in [2.75, 3.05) is 11.9 Å². The molecule has 146 valence electrons. The van der Waals surface area contributed by atoms with Crippen LogP contribution in [-0.4, -0.2) is 31.3 Å². The number of aryl methyl sites for hydroxylation is 1. The number of aromatic nitrogens is 2. The number of benzene rings is 1. The molecule has 0 aliphatic carbocycles. The molecule has 2 N–H and O–H groups in total. The van der Waals surface area contributed by atoms with Gasteiger partial charge in [-0.05, 0) is 30.7 Å². The number of pyridine rings is 1. The van der Waals surface area contributed by atoms with Gasteiger partial charge >= 0.3 is 0 Å². The normalized spacial score (nSPS) is 11.4. The van der Waals surface area contributed by atoms with Crippen molar-refractivity contribution in [2.45, 2.75) is 17.6 Å². The molecule has 28 heavy (non-hydrogen) atoms. The number of primary sulfonamides is 1. The van der Waals surface area contributed by atoms with E-state index in [4.69, 9.17) is 5.14 Å². The molecule has 10 heteroatoms. The summed E-state index contributed by atoms with van der Waals surface area (Å²) in [7, 11) is -2.38. The van der Waals surface area contributed by atoms with Crippen molar-refractivity contribution >= 4 is 32.4 Å². The van der Waals surface area contributed by atoms with Gasteiger partial charge in [0.15, 0.2) is 9.34 Å². The van der Waals surface area contributed by atoms with E-state index in [0.29, 0.717) is 16.8 Å². The zero-order valence-electron chi connectivity index (χ0n) is 15.1. The molecule has 0 unspecified atom stereocenters. The Morgan fingerprint density at radius 2 is 1.96 bits per heavy atom. The molecule has 3 aromatic rings. The number of halogens is 1. The average Bonchev–Trinajstić information content (AvgIpc) is 3.04. The van der Waals surface area contributed by atoms with Gasteiger partial charge in [-0.2, -0.15) is 0 Å². The molecule has 0 aliphatic rings. The van der Waals surface area contributed by atoms with E-state index in [0.717, 1.165) is 11.3 Å². The molecular weight excluding hydrogens is 403 g/mol. The first-order valence-electron chi connectivity index (χ1n) is 8.13. The Morgan fingerprint density at radius 3 is 2.54 bits per heavy atom. The van der Waals surface area contributed by atoms with E-state index in [2.05, 4.69) is 9.97 Å². The minimum absolute atomic E-state index is 0.0321. The third-order valence-electron chi connectivity index (χ3n) is 3.99. The number of nitrogens with zero attached hydrogens (tertiary/aromatic N) is 3. The molecule has 7 nitrogen and oxygen atoms in total. The second-order valence-corrected chi connectivity index (χ2v) is 8.81. The summed E-state index contributed by atoms with van der Waals surface area (Å²) < 4.78 is 36.8. The van der Waals surface area contributed by atoms with Crippen molar-refractivity contribution < 1.29 is 17.6 Å². The summed E-state index contributed by atoms with van der Waals surface area (Å²) in [6.45, 7) is 1.52. The van der Waals surface area contributed by atoms with Crippen LogP contribution in [0, 0.1) is 12.7 Å². The van der Waals surface area contributed by atoms with Crippen LogP contribution in [0.4, 0.5) is 9.52 Å². The minimum Gasteiger partial charge on any atom is -0.291 e. The van der Waals surface area contributed by atoms with Gasteiger partial charge < -0.3 is 0 Å². The minimum atomic E-state index is -3.89. The molecule has 1 aromatic carbocycles. The highest BCUT2D eigenvalue weighted by Crippen LogP contribution is 2.28.